The van der Waals surface area contributed by atoms with Gasteiger partial charge in [0, 0.05) is 15.5 Å². The maximum absolute atomic E-state index is 11.2. The standard InChI is InChI=1S/C13H7Cl2NO5S/c14-5-1-2-6(8(15)3-5)9-4-7(12(18)19)11(22-9)16-10(17)13(20)21/h1-4H,(H,16,17)(H,18,19)(H,20,21). The van der Waals surface area contributed by atoms with E-state index in [0.717, 1.165) is 11.3 Å². The van der Waals surface area contributed by atoms with Crippen molar-refractivity contribution >= 4 is 57.4 Å². The summed E-state index contributed by atoms with van der Waals surface area (Å²) >= 11 is 12.8. The van der Waals surface area contributed by atoms with Gasteiger partial charge in [0.05, 0.1) is 10.6 Å². The molecular formula is C13H7Cl2NO5S. The van der Waals surface area contributed by atoms with Crippen molar-refractivity contribution in [3.8, 4) is 10.4 Å². The molecule has 6 nitrogen and oxygen atoms in total. The summed E-state index contributed by atoms with van der Waals surface area (Å²) in [5.41, 5.74) is 0.301. The van der Waals surface area contributed by atoms with Gasteiger partial charge in [-0.2, -0.15) is 0 Å². The third-order valence-corrected chi connectivity index (χ3v) is 4.21. The lowest BCUT2D eigenvalue weighted by Gasteiger charge is -2.01. The molecule has 114 valence electrons. The number of aromatic carboxylic acids is 1. The first-order chi connectivity index (χ1) is 10.3. The van der Waals surface area contributed by atoms with E-state index >= 15 is 0 Å². The Labute approximate surface area is 137 Å². The Morgan fingerprint density at radius 2 is 1.77 bits per heavy atom. The van der Waals surface area contributed by atoms with E-state index in [1.807, 2.05) is 5.32 Å². The zero-order valence-electron chi connectivity index (χ0n) is 10.6. The first-order valence-corrected chi connectivity index (χ1v) is 7.23. The number of rotatable bonds is 3. The van der Waals surface area contributed by atoms with Crippen molar-refractivity contribution in [1.29, 1.82) is 0 Å². The first kappa shape index (κ1) is 16.3. The van der Waals surface area contributed by atoms with E-state index in [4.69, 9.17) is 33.4 Å². The summed E-state index contributed by atoms with van der Waals surface area (Å²) in [6.07, 6.45) is 0. The van der Waals surface area contributed by atoms with E-state index in [1.54, 1.807) is 12.1 Å². The minimum Gasteiger partial charge on any atom is -0.478 e. The van der Waals surface area contributed by atoms with Gasteiger partial charge in [-0.15, -0.1) is 11.3 Å². The summed E-state index contributed by atoms with van der Waals surface area (Å²) in [4.78, 5) is 33.4. The molecule has 0 aliphatic heterocycles. The molecule has 1 amide bonds. The fraction of sp³-hybridized carbons (Fsp3) is 0. The van der Waals surface area contributed by atoms with Gasteiger partial charge < -0.3 is 15.5 Å². The normalized spacial score (nSPS) is 10.3. The van der Waals surface area contributed by atoms with E-state index in [2.05, 4.69) is 0 Å². The molecule has 1 heterocycles. The van der Waals surface area contributed by atoms with Crippen LogP contribution in [0.2, 0.25) is 10.0 Å². The Morgan fingerprint density at radius 3 is 2.32 bits per heavy atom. The molecule has 0 spiro atoms. The van der Waals surface area contributed by atoms with Crippen LogP contribution < -0.4 is 5.32 Å². The number of benzene rings is 1. The number of carbonyl (C=O) groups excluding carboxylic acids is 1. The summed E-state index contributed by atoms with van der Waals surface area (Å²) < 4.78 is 0. The Bertz CT molecular complexity index is 787. The predicted molar refractivity (Wildman–Crippen MR) is 83.0 cm³/mol. The molecule has 1 aromatic carbocycles. The highest BCUT2D eigenvalue weighted by atomic mass is 35.5. The smallest absolute Gasteiger partial charge is 0.394 e. The Hall–Kier alpha value is -2.09. The Morgan fingerprint density at radius 1 is 1.09 bits per heavy atom. The third kappa shape index (κ3) is 3.38. The highest BCUT2D eigenvalue weighted by Crippen LogP contribution is 2.39. The van der Waals surface area contributed by atoms with Crippen molar-refractivity contribution in [2.75, 3.05) is 5.32 Å². The van der Waals surface area contributed by atoms with Gasteiger partial charge >= 0.3 is 17.8 Å². The van der Waals surface area contributed by atoms with Crippen LogP contribution in [0, 0.1) is 0 Å². The minimum atomic E-state index is -1.71. The lowest BCUT2D eigenvalue weighted by atomic mass is 10.1. The summed E-state index contributed by atoms with van der Waals surface area (Å²) in [7, 11) is 0. The van der Waals surface area contributed by atoms with Crippen molar-refractivity contribution < 1.29 is 24.6 Å². The topological polar surface area (TPSA) is 104 Å². The predicted octanol–water partition coefficient (Wildman–Crippen LogP) is 3.44. The number of hydrogen-bond acceptors (Lipinski definition) is 4. The van der Waals surface area contributed by atoms with Crippen LogP contribution in [0.5, 0.6) is 0 Å². The SMILES string of the molecule is O=C(O)C(=O)Nc1sc(-c2ccc(Cl)cc2Cl)cc1C(=O)O. The van der Waals surface area contributed by atoms with Gasteiger partial charge in [0.25, 0.3) is 0 Å². The molecule has 1 aromatic heterocycles. The Kier molecular flexibility index (Phi) is 4.70. The number of carbonyl (C=O) groups is 3. The van der Waals surface area contributed by atoms with E-state index in [9.17, 15) is 14.4 Å². The van der Waals surface area contributed by atoms with Crippen LogP contribution in [0.4, 0.5) is 5.00 Å². The maximum atomic E-state index is 11.2. The second-order valence-electron chi connectivity index (χ2n) is 4.04. The van der Waals surface area contributed by atoms with Crippen molar-refractivity contribution in [2.45, 2.75) is 0 Å². The molecule has 0 unspecified atom stereocenters. The lowest BCUT2D eigenvalue weighted by Crippen LogP contribution is -2.22. The molecule has 0 radical (unpaired) electrons. The lowest BCUT2D eigenvalue weighted by molar-refractivity contribution is -0.147. The molecule has 0 fully saturated rings. The number of thiophene rings is 1. The molecule has 0 bridgehead atoms. The molecule has 0 saturated heterocycles. The van der Waals surface area contributed by atoms with Crippen LogP contribution in [0.1, 0.15) is 10.4 Å². The zero-order valence-corrected chi connectivity index (χ0v) is 12.9. The van der Waals surface area contributed by atoms with Crippen LogP contribution in [0.25, 0.3) is 10.4 Å². The van der Waals surface area contributed by atoms with Gasteiger partial charge in [-0.05, 0) is 18.2 Å². The average Bonchev–Trinajstić information content (AvgIpc) is 2.82. The fourth-order valence-corrected chi connectivity index (χ4v) is 3.27. The van der Waals surface area contributed by atoms with Crippen LogP contribution in [0.15, 0.2) is 24.3 Å². The molecule has 22 heavy (non-hydrogen) atoms. The summed E-state index contributed by atoms with van der Waals surface area (Å²) in [6, 6.07) is 5.98. The van der Waals surface area contributed by atoms with Crippen molar-refractivity contribution in [3.05, 3.63) is 39.9 Å². The van der Waals surface area contributed by atoms with Gasteiger partial charge in [0.2, 0.25) is 0 Å². The summed E-state index contributed by atoms with van der Waals surface area (Å²) in [5, 5.41) is 20.4. The largest absolute Gasteiger partial charge is 0.478 e. The highest BCUT2D eigenvalue weighted by Gasteiger charge is 2.21. The van der Waals surface area contributed by atoms with Gasteiger partial charge in [-0.3, -0.25) is 4.79 Å². The first-order valence-electron chi connectivity index (χ1n) is 5.66. The molecule has 0 atom stereocenters. The second kappa shape index (κ2) is 6.35. The molecule has 2 rings (SSSR count). The number of carboxylic acids is 2. The molecule has 0 saturated carbocycles. The number of amides is 1. The van der Waals surface area contributed by atoms with E-state index in [-0.39, 0.29) is 10.6 Å². The van der Waals surface area contributed by atoms with Crippen LogP contribution >= 0.6 is 34.5 Å². The Balaban J connectivity index is 2.48. The summed E-state index contributed by atoms with van der Waals surface area (Å²) in [5.74, 6) is -4.33. The molecule has 0 aliphatic rings. The minimum absolute atomic E-state index is 0.0825. The zero-order chi connectivity index (χ0) is 16.4. The van der Waals surface area contributed by atoms with Gasteiger partial charge in [0.1, 0.15) is 5.00 Å². The van der Waals surface area contributed by atoms with Gasteiger partial charge in [-0.25, -0.2) is 9.59 Å². The molecular weight excluding hydrogens is 353 g/mol. The number of anilines is 1. The van der Waals surface area contributed by atoms with Crippen LogP contribution in [-0.4, -0.2) is 28.1 Å². The fourth-order valence-electron chi connectivity index (χ4n) is 1.62. The number of aliphatic carboxylic acids is 1. The number of carboxylic acid groups (broad SMARTS) is 2. The van der Waals surface area contributed by atoms with Crippen molar-refractivity contribution in [2.24, 2.45) is 0 Å². The molecule has 9 heteroatoms. The quantitative estimate of drug-likeness (QED) is 0.728. The van der Waals surface area contributed by atoms with E-state index in [0.29, 0.717) is 20.5 Å². The molecule has 3 N–H and O–H groups in total. The van der Waals surface area contributed by atoms with Crippen LogP contribution in [-0.2, 0) is 9.59 Å². The maximum Gasteiger partial charge on any atom is 0.394 e. The van der Waals surface area contributed by atoms with Crippen molar-refractivity contribution in [1.82, 2.24) is 0 Å². The van der Waals surface area contributed by atoms with Crippen molar-refractivity contribution in [3.63, 3.8) is 0 Å². The van der Waals surface area contributed by atoms with E-state index < -0.39 is 17.8 Å². The van der Waals surface area contributed by atoms with E-state index in [1.165, 1.54) is 12.1 Å². The third-order valence-electron chi connectivity index (χ3n) is 2.58. The molecule has 0 aliphatic carbocycles. The highest BCUT2D eigenvalue weighted by molar-refractivity contribution is 7.20. The molecule has 2 aromatic rings. The average molecular weight is 360 g/mol. The second-order valence-corrected chi connectivity index (χ2v) is 5.94. The van der Waals surface area contributed by atoms with Gasteiger partial charge in [0.15, 0.2) is 0 Å². The number of hydrogen-bond donors (Lipinski definition) is 3. The summed E-state index contributed by atoms with van der Waals surface area (Å²) in [6.45, 7) is 0. The van der Waals surface area contributed by atoms with Crippen LogP contribution in [0.3, 0.4) is 0 Å². The monoisotopic (exact) mass is 359 g/mol. The number of halogens is 2. The number of nitrogens with one attached hydrogen (secondary N) is 1. The van der Waals surface area contributed by atoms with Gasteiger partial charge in [-0.1, -0.05) is 29.3 Å².